The fraction of sp³-hybridized carbons (Fsp3) is 0.400. The van der Waals surface area contributed by atoms with Gasteiger partial charge in [0.15, 0.2) is 5.60 Å². The first kappa shape index (κ1) is 19.9. The van der Waals surface area contributed by atoms with E-state index in [9.17, 15) is 5.11 Å². The van der Waals surface area contributed by atoms with E-state index < -0.39 is 5.60 Å². The lowest BCUT2D eigenvalue weighted by Gasteiger charge is -2.36. The molecule has 2 aromatic carbocycles. The Morgan fingerprint density at radius 3 is 2.38 bits per heavy atom. The lowest BCUT2D eigenvalue weighted by Crippen LogP contribution is -2.38. The molecule has 1 heterocycles. The molecule has 1 saturated carbocycles. The molecule has 2 N–H and O–H groups in total. The number of aliphatic hydroxyl groups is 1. The van der Waals surface area contributed by atoms with Crippen LogP contribution in [-0.4, -0.2) is 16.6 Å². The molecule has 4 heteroatoms. The number of benzene rings is 2. The van der Waals surface area contributed by atoms with Crippen LogP contribution in [0, 0.1) is 5.92 Å². The molecule has 0 saturated heterocycles. The Bertz CT molecular complexity index is 872. The molecule has 1 fully saturated rings. The Morgan fingerprint density at radius 1 is 0.966 bits per heavy atom. The van der Waals surface area contributed by atoms with Gasteiger partial charge in [0.2, 0.25) is 5.89 Å². The van der Waals surface area contributed by atoms with Gasteiger partial charge in [-0.25, -0.2) is 4.98 Å². The highest BCUT2D eigenvalue weighted by molar-refractivity contribution is 5.30. The summed E-state index contributed by atoms with van der Waals surface area (Å²) < 4.78 is 6.11. The van der Waals surface area contributed by atoms with Gasteiger partial charge in [-0.15, -0.1) is 0 Å². The highest BCUT2D eigenvalue weighted by Crippen LogP contribution is 2.43. The third kappa shape index (κ3) is 4.60. The molecule has 0 aliphatic heterocycles. The first-order valence-corrected chi connectivity index (χ1v) is 10.7. The van der Waals surface area contributed by atoms with Crippen molar-refractivity contribution >= 4 is 0 Å². The lowest BCUT2D eigenvalue weighted by atomic mass is 9.73. The molecule has 0 unspecified atom stereocenters. The van der Waals surface area contributed by atoms with Crippen molar-refractivity contribution in [3.8, 4) is 0 Å². The number of aromatic nitrogens is 1. The second-order valence-corrected chi connectivity index (χ2v) is 8.01. The van der Waals surface area contributed by atoms with E-state index in [-0.39, 0.29) is 5.92 Å². The average Bonchev–Trinajstić information content (AvgIpc) is 3.27. The molecular formula is C25H30N2O2. The Balaban J connectivity index is 1.45. The van der Waals surface area contributed by atoms with E-state index in [0.717, 1.165) is 56.5 Å². The van der Waals surface area contributed by atoms with Crippen LogP contribution in [0.5, 0.6) is 0 Å². The molecule has 152 valence electrons. The van der Waals surface area contributed by atoms with Gasteiger partial charge in [-0.1, -0.05) is 79.9 Å². The number of rotatable bonds is 8. The second-order valence-electron chi connectivity index (χ2n) is 8.01. The van der Waals surface area contributed by atoms with Crippen LogP contribution in [0.2, 0.25) is 0 Å². The quantitative estimate of drug-likeness (QED) is 0.541. The molecule has 1 aliphatic carbocycles. The summed E-state index contributed by atoms with van der Waals surface area (Å²) in [7, 11) is 0. The number of oxazole rings is 1. The molecule has 1 aliphatic rings. The number of hydrogen-bond acceptors (Lipinski definition) is 4. The summed E-state index contributed by atoms with van der Waals surface area (Å²) in [5, 5.41) is 15.3. The molecule has 0 amide bonds. The van der Waals surface area contributed by atoms with Gasteiger partial charge < -0.3 is 14.8 Å². The van der Waals surface area contributed by atoms with Crippen molar-refractivity contribution in [2.45, 2.75) is 50.7 Å². The zero-order valence-corrected chi connectivity index (χ0v) is 16.9. The van der Waals surface area contributed by atoms with E-state index in [4.69, 9.17) is 4.42 Å². The summed E-state index contributed by atoms with van der Waals surface area (Å²) in [6, 6.07) is 20.3. The van der Waals surface area contributed by atoms with Gasteiger partial charge in [-0.2, -0.15) is 0 Å². The van der Waals surface area contributed by atoms with Crippen molar-refractivity contribution in [1.29, 1.82) is 0 Å². The van der Waals surface area contributed by atoms with E-state index in [1.165, 1.54) is 12.0 Å². The van der Waals surface area contributed by atoms with Crippen molar-refractivity contribution in [3.05, 3.63) is 89.6 Å². The van der Waals surface area contributed by atoms with Crippen LogP contribution in [0.4, 0.5) is 0 Å². The Kier molecular flexibility index (Phi) is 6.43. The van der Waals surface area contributed by atoms with Crippen LogP contribution in [0.3, 0.4) is 0 Å². The second kappa shape index (κ2) is 9.38. The van der Waals surface area contributed by atoms with Crippen LogP contribution >= 0.6 is 0 Å². The number of nitrogens with zero attached hydrogens (tertiary/aromatic N) is 1. The minimum atomic E-state index is -1.16. The molecule has 0 spiro atoms. The zero-order valence-electron chi connectivity index (χ0n) is 16.9. The Hall–Kier alpha value is -2.43. The van der Waals surface area contributed by atoms with Crippen LogP contribution in [0.1, 0.15) is 54.9 Å². The van der Waals surface area contributed by atoms with Crippen LogP contribution < -0.4 is 5.32 Å². The van der Waals surface area contributed by atoms with E-state index in [2.05, 4.69) is 34.6 Å². The number of hydrogen-bond donors (Lipinski definition) is 2. The van der Waals surface area contributed by atoms with Gasteiger partial charge in [0.1, 0.15) is 5.76 Å². The summed E-state index contributed by atoms with van der Waals surface area (Å²) in [5.74, 6) is 1.39. The van der Waals surface area contributed by atoms with Gasteiger partial charge in [-0.05, 0) is 24.0 Å². The highest BCUT2D eigenvalue weighted by Gasteiger charge is 2.44. The maximum atomic E-state index is 11.8. The fourth-order valence-electron chi connectivity index (χ4n) is 4.39. The van der Waals surface area contributed by atoms with Crippen LogP contribution in [0.25, 0.3) is 0 Å². The van der Waals surface area contributed by atoms with E-state index in [0.29, 0.717) is 5.89 Å². The zero-order chi connectivity index (χ0) is 19.9. The number of nitrogens with one attached hydrogen (secondary N) is 1. The van der Waals surface area contributed by atoms with Crippen molar-refractivity contribution in [1.82, 2.24) is 10.3 Å². The van der Waals surface area contributed by atoms with Crippen molar-refractivity contribution in [2.75, 3.05) is 6.54 Å². The molecule has 1 aromatic heterocycles. The van der Waals surface area contributed by atoms with Gasteiger partial charge in [0.25, 0.3) is 0 Å². The van der Waals surface area contributed by atoms with Crippen molar-refractivity contribution in [2.24, 2.45) is 5.92 Å². The molecular weight excluding hydrogens is 360 g/mol. The van der Waals surface area contributed by atoms with Crippen molar-refractivity contribution in [3.63, 3.8) is 0 Å². The minimum Gasteiger partial charge on any atom is -0.442 e. The van der Waals surface area contributed by atoms with Crippen LogP contribution in [0.15, 0.2) is 71.3 Å². The summed E-state index contributed by atoms with van der Waals surface area (Å²) >= 11 is 0. The third-order valence-corrected chi connectivity index (χ3v) is 6.01. The first-order valence-electron chi connectivity index (χ1n) is 10.7. The van der Waals surface area contributed by atoms with E-state index in [1.54, 1.807) is 6.20 Å². The van der Waals surface area contributed by atoms with Gasteiger partial charge in [-0.3, -0.25) is 0 Å². The minimum absolute atomic E-state index is 0.140. The normalized spacial score (nSPS) is 17.1. The highest BCUT2D eigenvalue weighted by atomic mass is 16.4. The van der Waals surface area contributed by atoms with Gasteiger partial charge in [0, 0.05) is 25.4 Å². The molecule has 1 atom stereocenters. The SMILES string of the molecule is O[C@](c1ccccc1)(c1ncc(CCNCc2ccccc2)o1)C1CCCCC1. The summed E-state index contributed by atoms with van der Waals surface area (Å²) in [5.41, 5.74) is 0.987. The molecule has 0 radical (unpaired) electrons. The summed E-state index contributed by atoms with van der Waals surface area (Å²) in [6.07, 6.45) is 8.06. The maximum absolute atomic E-state index is 11.8. The van der Waals surface area contributed by atoms with Gasteiger partial charge >= 0.3 is 0 Å². The first-order chi connectivity index (χ1) is 14.3. The third-order valence-electron chi connectivity index (χ3n) is 6.01. The fourth-order valence-corrected chi connectivity index (χ4v) is 4.39. The predicted octanol–water partition coefficient (Wildman–Crippen LogP) is 4.82. The molecule has 4 rings (SSSR count). The Labute approximate surface area is 173 Å². The summed E-state index contributed by atoms with van der Waals surface area (Å²) in [4.78, 5) is 4.53. The molecule has 0 bridgehead atoms. The topological polar surface area (TPSA) is 58.3 Å². The molecule has 3 aromatic rings. The largest absolute Gasteiger partial charge is 0.442 e. The van der Waals surface area contributed by atoms with E-state index in [1.807, 2.05) is 36.4 Å². The Morgan fingerprint density at radius 2 is 1.66 bits per heavy atom. The maximum Gasteiger partial charge on any atom is 0.231 e. The monoisotopic (exact) mass is 390 g/mol. The van der Waals surface area contributed by atoms with Gasteiger partial charge in [0.05, 0.1) is 6.20 Å². The summed E-state index contributed by atoms with van der Waals surface area (Å²) in [6.45, 7) is 1.63. The molecule has 29 heavy (non-hydrogen) atoms. The smallest absolute Gasteiger partial charge is 0.231 e. The van der Waals surface area contributed by atoms with E-state index >= 15 is 0 Å². The van der Waals surface area contributed by atoms with Crippen molar-refractivity contribution < 1.29 is 9.52 Å². The van der Waals surface area contributed by atoms with Crippen LogP contribution in [-0.2, 0) is 18.6 Å². The standard InChI is InChI=1S/C25H30N2O2/c28-25(21-12-6-2-7-13-21,22-14-8-3-9-15-22)24-27-19-23(29-24)16-17-26-18-20-10-4-1-5-11-20/h1-2,4-7,10-13,19,22,26,28H,3,8-9,14-18H2/t25-/m0/s1. The lowest BCUT2D eigenvalue weighted by molar-refractivity contribution is -0.0238. The molecule has 4 nitrogen and oxygen atoms in total. The predicted molar refractivity (Wildman–Crippen MR) is 114 cm³/mol. The average molecular weight is 391 g/mol.